The van der Waals surface area contributed by atoms with Gasteiger partial charge in [-0.05, 0) is 12.1 Å². The van der Waals surface area contributed by atoms with E-state index in [1.54, 1.807) is 0 Å². The van der Waals surface area contributed by atoms with Gasteiger partial charge in [-0.25, -0.2) is 14.7 Å². The highest BCUT2D eigenvalue weighted by Crippen LogP contribution is 2.21. The van der Waals surface area contributed by atoms with Crippen molar-refractivity contribution in [1.82, 2.24) is 0 Å². The molecule has 0 bridgehead atoms. The van der Waals surface area contributed by atoms with Crippen LogP contribution in [0.4, 0.5) is 4.39 Å². The van der Waals surface area contributed by atoms with Crippen molar-refractivity contribution >= 4 is 23.4 Å². The van der Waals surface area contributed by atoms with Gasteiger partial charge in [-0.1, -0.05) is 17.7 Å². The Kier molecular flexibility index (Phi) is 4.28. The molecule has 0 spiro atoms. The van der Waals surface area contributed by atoms with Crippen molar-refractivity contribution in [3.63, 3.8) is 0 Å². The maximum atomic E-state index is 13.4. The number of esters is 1. The number of benzene rings is 1. The summed E-state index contributed by atoms with van der Waals surface area (Å²) in [4.78, 5) is 22.9. The minimum atomic E-state index is -1.73. The predicted octanol–water partition coefficient (Wildman–Crippen LogP) is 2.23. The van der Waals surface area contributed by atoms with E-state index in [0.29, 0.717) is 0 Å². The van der Waals surface area contributed by atoms with Gasteiger partial charge in [0.15, 0.2) is 0 Å². The number of Topliss-reactive ketones (excluding diaryl/α,β-unsaturated/α-hetero) is 1. The van der Waals surface area contributed by atoms with Crippen LogP contribution in [0.15, 0.2) is 23.3 Å². The Morgan fingerprint density at radius 1 is 1.53 bits per heavy atom. The lowest BCUT2D eigenvalue weighted by atomic mass is 10.0. The molecule has 0 fully saturated rings. The summed E-state index contributed by atoms with van der Waals surface area (Å²) in [5.74, 6) is -2.92. The summed E-state index contributed by atoms with van der Waals surface area (Å²) in [6.45, 7) is 0. The van der Waals surface area contributed by atoms with Crippen molar-refractivity contribution in [2.75, 3.05) is 7.11 Å². The molecule has 7 heteroatoms. The van der Waals surface area contributed by atoms with Gasteiger partial charge < -0.3 is 4.74 Å². The molecule has 17 heavy (non-hydrogen) atoms. The monoisotopic (exact) mass is 258 g/mol. The van der Waals surface area contributed by atoms with Crippen LogP contribution >= 0.6 is 11.6 Å². The predicted molar refractivity (Wildman–Crippen MR) is 56.7 cm³/mol. The third-order valence-electron chi connectivity index (χ3n) is 2.01. The molecule has 0 aromatic heterocycles. The maximum Gasteiger partial charge on any atom is 0.340 e. The van der Waals surface area contributed by atoms with E-state index in [0.717, 1.165) is 13.2 Å². The second-order valence-electron chi connectivity index (χ2n) is 3.02. The van der Waals surface area contributed by atoms with Gasteiger partial charge in [0.25, 0.3) is 0 Å². The Bertz CT molecular complexity index is 458. The van der Waals surface area contributed by atoms with E-state index in [4.69, 9.17) is 17.1 Å². The number of nitrogens with zero attached hydrogens (tertiary/aromatic N) is 1. The van der Waals surface area contributed by atoms with Crippen LogP contribution in [0.5, 0.6) is 0 Å². The van der Waals surface area contributed by atoms with E-state index in [9.17, 15) is 14.0 Å². The molecule has 0 aliphatic heterocycles. The Balaban J connectivity index is 3.19. The number of carbonyl (C=O) groups is 2. The van der Waals surface area contributed by atoms with Crippen LogP contribution in [-0.2, 0) is 9.53 Å². The average molecular weight is 259 g/mol. The second-order valence-corrected chi connectivity index (χ2v) is 3.42. The van der Waals surface area contributed by atoms with E-state index in [1.165, 1.54) is 12.1 Å². The minimum absolute atomic E-state index is 0.146. The first kappa shape index (κ1) is 13.2. The Morgan fingerprint density at radius 3 is 2.65 bits per heavy atom. The van der Waals surface area contributed by atoms with Gasteiger partial charge in [-0.3, -0.25) is 4.79 Å². The van der Waals surface area contributed by atoms with E-state index < -0.39 is 29.2 Å². The summed E-state index contributed by atoms with van der Waals surface area (Å²) in [6, 6.07) is 1.92. The molecule has 0 radical (unpaired) electrons. The van der Waals surface area contributed by atoms with Gasteiger partial charge in [0.05, 0.1) is 17.7 Å². The Labute approximate surface area is 101 Å². The Morgan fingerprint density at radius 2 is 2.18 bits per heavy atom. The number of rotatable bonds is 4. The molecule has 0 aliphatic rings. The van der Waals surface area contributed by atoms with Crippen molar-refractivity contribution in [1.29, 1.82) is 5.53 Å². The van der Waals surface area contributed by atoms with Crippen molar-refractivity contribution < 1.29 is 18.7 Å². The first-order valence-electron chi connectivity index (χ1n) is 4.45. The van der Waals surface area contributed by atoms with Gasteiger partial charge in [0.1, 0.15) is 5.82 Å². The number of halogens is 2. The van der Waals surface area contributed by atoms with Gasteiger partial charge in [0.2, 0.25) is 11.8 Å². The molecule has 0 aliphatic carbocycles. The summed E-state index contributed by atoms with van der Waals surface area (Å²) >= 11 is 5.66. The quantitative estimate of drug-likeness (QED) is 0.389. The van der Waals surface area contributed by atoms with Crippen molar-refractivity contribution in [2.45, 2.75) is 6.04 Å². The SMILES string of the molecule is COC(=O)C(N=N)C(=O)c1c(F)cccc1Cl. The van der Waals surface area contributed by atoms with Crippen LogP contribution < -0.4 is 0 Å². The number of hydrogen-bond donors (Lipinski definition) is 1. The molecule has 1 aromatic rings. The normalized spacial score (nSPS) is 11.7. The zero-order valence-corrected chi connectivity index (χ0v) is 9.49. The standard InChI is InChI=1S/C10H8ClFN2O3/c1-17-10(16)8(14-13)9(15)7-5(11)3-2-4-6(7)12/h2-4,8,13H,1H3. The Hall–Kier alpha value is -1.82. The number of ketones is 1. The van der Waals surface area contributed by atoms with Crippen molar-refractivity contribution in [3.05, 3.63) is 34.6 Å². The molecule has 0 saturated heterocycles. The summed E-state index contributed by atoms with van der Waals surface area (Å²) in [5.41, 5.74) is 6.28. The van der Waals surface area contributed by atoms with Crippen molar-refractivity contribution in [3.8, 4) is 0 Å². The fraction of sp³-hybridized carbons (Fsp3) is 0.200. The summed E-state index contributed by atoms with van der Waals surface area (Å²) in [6.07, 6.45) is 0. The molecule has 0 amide bonds. The minimum Gasteiger partial charge on any atom is -0.467 e. The fourth-order valence-electron chi connectivity index (χ4n) is 1.20. The van der Waals surface area contributed by atoms with Crippen LogP contribution in [0, 0.1) is 11.3 Å². The fourth-order valence-corrected chi connectivity index (χ4v) is 1.46. The molecule has 1 N–H and O–H groups in total. The molecule has 90 valence electrons. The van der Waals surface area contributed by atoms with Crippen molar-refractivity contribution in [2.24, 2.45) is 5.11 Å². The molecule has 1 rings (SSSR count). The molecule has 5 nitrogen and oxygen atoms in total. The lowest BCUT2D eigenvalue weighted by Gasteiger charge is -2.09. The largest absolute Gasteiger partial charge is 0.467 e. The first-order chi connectivity index (χ1) is 8.02. The van der Waals surface area contributed by atoms with E-state index in [1.807, 2.05) is 0 Å². The van der Waals surface area contributed by atoms with E-state index in [2.05, 4.69) is 9.85 Å². The molecule has 0 heterocycles. The number of nitrogens with one attached hydrogen (secondary N) is 1. The number of hydrogen-bond acceptors (Lipinski definition) is 5. The van der Waals surface area contributed by atoms with Crippen LogP contribution in [0.25, 0.3) is 0 Å². The van der Waals surface area contributed by atoms with Gasteiger partial charge in [-0.15, -0.1) is 0 Å². The van der Waals surface area contributed by atoms with Crippen LogP contribution in [0.1, 0.15) is 10.4 Å². The maximum absolute atomic E-state index is 13.4. The highest BCUT2D eigenvalue weighted by Gasteiger charge is 2.31. The number of methoxy groups -OCH3 is 1. The van der Waals surface area contributed by atoms with E-state index in [-0.39, 0.29) is 5.02 Å². The third-order valence-corrected chi connectivity index (χ3v) is 2.33. The molecule has 0 saturated carbocycles. The first-order valence-corrected chi connectivity index (χ1v) is 4.83. The van der Waals surface area contributed by atoms with Crippen LogP contribution in [0.2, 0.25) is 5.02 Å². The molecular weight excluding hydrogens is 251 g/mol. The molecular formula is C10H8ClFN2O3. The highest BCUT2D eigenvalue weighted by molar-refractivity contribution is 6.34. The van der Waals surface area contributed by atoms with Crippen LogP contribution in [0.3, 0.4) is 0 Å². The van der Waals surface area contributed by atoms with E-state index >= 15 is 0 Å². The van der Waals surface area contributed by atoms with Gasteiger partial charge in [-0.2, -0.15) is 5.11 Å². The lowest BCUT2D eigenvalue weighted by molar-refractivity contribution is -0.140. The van der Waals surface area contributed by atoms with Gasteiger partial charge in [0, 0.05) is 0 Å². The highest BCUT2D eigenvalue weighted by atomic mass is 35.5. The number of ether oxygens (including phenoxy) is 1. The van der Waals surface area contributed by atoms with Gasteiger partial charge >= 0.3 is 5.97 Å². The molecule has 1 unspecified atom stereocenters. The van der Waals surface area contributed by atoms with Crippen LogP contribution in [-0.4, -0.2) is 24.9 Å². The summed E-state index contributed by atoms with van der Waals surface area (Å²) < 4.78 is 17.7. The smallest absolute Gasteiger partial charge is 0.340 e. The summed E-state index contributed by atoms with van der Waals surface area (Å²) in [5, 5.41) is 2.67. The zero-order chi connectivity index (χ0) is 13.0. The number of carbonyl (C=O) groups excluding carboxylic acids is 2. The molecule has 1 aromatic carbocycles. The zero-order valence-electron chi connectivity index (χ0n) is 8.74. The molecule has 1 atom stereocenters. The average Bonchev–Trinajstić information content (AvgIpc) is 2.29. The third kappa shape index (κ3) is 2.65. The second kappa shape index (κ2) is 5.49. The lowest BCUT2D eigenvalue weighted by Crippen LogP contribution is -2.30. The summed E-state index contributed by atoms with van der Waals surface area (Å²) in [7, 11) is 1.04. The topological polar surface area (TPSA) is 79.6 Å².